The number of benzene rings is 1. The molecule has 2 unspecified atom stereocenters. The molecule has 7 nitrogen and oxygen atoms in total. The van der Waals surface area contributed by atoms with Gasteiger partial charge in [-0.05, 0) is 30.7 Å². The van der Waals surface area contributed by atoms with Crippen LogP contribution in [0.4, 0.5) is 5.69 Å². The van der Waals surface area contributed by atoms with Gasteiger partial charge in [-0.25, -0.2) is 0 Å². The predicted octanol–water partition coefficient (Wildman–Crippen LogP) is 2.63. The summed E-state index contributed by atoms with van der Waals surface area (Å²) in [6.07, 6.45) is 3.42. The molecule has 0 spiro atoms. The molecule has 1 saturated heterocycles. The van der Waals surface area contributed by atoms with Crippen molar-refractivity contribution in [3.8, 4) is 0 Å². The number of nitrogens with zero attached hydrogens (tertiary/aromatic N) is 4. The molecule has 1 aromatic carbocycles. The Hall–Kier alpha value is -2.35. The SMILES string of the molecule is CC(C(=O)N1CCSC1c1ccc([N+](=O)[O-])cc1)n1cccn1. The number of nitro groups is 1. The summed E-state index contributed by atoms with van der Waals surface area (Å²) in [5.74, 6) is 0.848. The number of non-ortho nitro benzene ring substituents is 1. The second kappa shape index (κ2) is 6.41. The minimum Gasteiger partial charge on any atom is -0.324 e. The van der Waals surface area contributed by atoms with Gasteiger partial charge >= 0.3 is 0 Å². The number of rotatable bonds is 4. The molecule has 0 N–H and O–H groups in total. The van der Waals surface area contributed by atoms with Crippen molar-refractivity contribution in [2.75, 3.05) is 12.3 Å². The lowest BCUT2D eigenvalue weighted by molar-refractivity contribution is -0.384. The molecule has 1 amide bonds. The first kappa shape index (κ1) is 15.5. The number of amides is 1. The first-order valence-electron chi connectivity index (χ1n) is 7.23. The van der Waals surface area contributed by atoms with Crippen LogP contribution in [-0.2, 0) is 4.79 Å². The highest BCUT2D eigenvalue weighted by atomic mass is 32.2. The van der Waals surface area contributed by atoms with Crippen molar-refractivity contribution in [1.29, 1.82) is 0 Å². The largest absolute Gasteiger partial charge is 0.324 e. The zero-order valence-corrected chi connectivity index (χ0v) is 13.3. The van der Waals surface area contributed by atoms with Crippen molar-refractivity contribution in [3.63, 3.8) is 0 Å². The van der Waals surface area contributed by atoms with Crippen molar-refractivity contribution in [3.05, 3.63) is 58.4 Å². The number of nitro benzene ring substituents is 1. The van der Waals surface area contributed by atoms with Crippen LogP contribution in [0.3, 0.4) is 0 Å². The number of aromatic nitrogens is 2. The highest BCUT2D eigenvalue weighted by molar-refractivity contribution is 7.99. The van der Waals surface area contributed by atoms with E-state index in [4.69, 9.17) is 0 Å². The van der Waals surface area contributed by atoms with Crippen LogP contribution in [0.5, 0.6) is 0 Å². The molecule has 3 rings (SSSR count). The van der Waals surface area contributed by atoms with Gasteiger partial charge in [0, 0.05) is 36.8 Å². The minimum absolute atomic E-state index is 0.00190. The Balaban J connectivity index is 1.79. The lowest BCUT2D eigenvalue weighted by Crippen LogP contribution is -2.36. The molecule has 1 fully saturated rings. The second-order valence-electron chi connectivity index (χ2n) is 5.27. The molecular formula is C15H16N4O3S. The summed E-state index contributed by atoms with van der Waals surface area (Å²) in [7, 11) is 0. The summed E-state index contributed by atoms with van der Waals surface area (Å²) in [6.45, 7) is 2.49. The number of hydrogen-bond acceptors (Lipinski definition) is 5. The van der Waals surface area contributed by atoms with Crippen LogP contribution in [0, 0.1) is 10.1 Å². The molecule has 2 atom stereocenters. The molecule has 0 radical (unpaired) electrons. The van der Waals surface area contributed by atoms with Crippen LogP contribution >= 0.6 is 11.8 Å². The summed E-state index contributed by atoms with van der Waals surface area (Å²) in [4.78, 5) is 24.9. The Morgan fingerprint density at radius 1 is 1.43 bits per heavy atom. The van der Waals surface area contributed by atoms with Gasteiger partial charge in [0.05, 0.1) is 4.92 Å². The van der Waals surface area contributed by atoms with E-state index in [-0.39, 0.29) is 23.0 Å². The zero-order chi connectivity index (χ0) is 16.4. The fourth-order valence-electron chi connectivity index (χ4n) is 2.60. The van der Waals surface area contributed by atoms with Crippen molar-refractivity contribution >= 4 is 23.4 Å². The molecule has 0 bridgehead atoms. The van der Waals surface area contributed by atoms with E-state index in [0.717, 1.165) is 11.3 Å². The zero-order valence-electron chi connectivity index (χ0n) is 12.5. The fraction of sp³-hybridized carbons (Fsp3) is 0.333. The Morgan fingerprint density at radius 2 is 2.17 bits per heavy atom. The van der Waals surface area contributed by atoms with Crippen LogP contribution < -0.4 is 0 Å². The van der Waals surface area contributed by atoms with Gasteiger partial charge in [-0.1, -0.05) is 0 Å². The minimum atomic E-state index is -0.422. The molecule has 8 heteroatoms. The summed E-state index contributed by atoms with van der Waals surface area (Å²) < 4.78 is 1.64. The standard InChI is InChI=1S/C15H16N4O3S/c1-11(18-8-2-7-16-18)14(20)17-9-10-23-15(17)12-3-5-13(6-4-12)19(21)22/h2-8,11,15H,9-10H2,1H3. The smallest absolute Gasteiger partial charge is 0.269 e. The maximum absolute atomic E-state index is 12.7. The molecule has 0 aliphatic carbocycles. The van der Waals surface area contributed by atoms with Crippen molar-refractivity contribution in [1.82, 2.24) is 14.7 Å². The first-order chi connectivity index (χ1) is 11.1. The molecule has 120 valence electrons. The van der Waals surface area contributed by atoms with E-state index in [1.54, 1.807) is 47.0 Å². The number of carbonyl (C=O) groups excluding carboxylic acids is 1. The van der Waals surface area contributed by atoms with E-state index in [1.807, 2.05) is 11.8 Å². The highest BCUT2D eigenvalue weighted by Gasteiger charge is 2.33. The van der Waals surface area contributed by atoms with Crippen molar-refractivity contribution in [2.24, 2.45) is 0 Å². The quantitative estimate of drug-likeness (QED) is 0.635. The number of carbonyl (C=O) groups is 1. The lowest BCUT2D eigenvalue weighted by Gasteiger charge is -2.27. The summed E-state index contributed by atoms with van der Waals surface area (Å²) >= 11 is 1.67. The Kier molecular flexibility index (Phi) is 4.33. The van der Waals surface area contributed by atoms with Gasteiger partial charge in [0.25, 0.3) is 5.69 Å². The molecule has 2 aromatic rings. The molecule has 1 aliphatic rings. The average Bonchev–Trinajstić information content (AvgIpc) is 3.24. The van der Waals surface area contributed by atoms with Gasteiger partial charge in [0.2, 0.25) is 5.91 Å². The van der Waals surface area contributed by atoms with Gasteiger partial charge in [-0.15, -0.1) is 11.8 Å². The second-order valence-corrected chi connectivity index (χ2v) is 6.45. The molecule has 1 aliphatic heterocycles. The van der Waals surface area contributed by atoms with Crippen LogP contribution in [0.1, 0.15) is 23.9 Å². The van der Waals surface area contributed by atoms with E-state index in [0.29, 0.717) is 6.54 Å². The molecule has 23 heavy (non-hydrogen) atoms. The van der Waals surface area contributed by atoms with Crippen LogP contribution in [0.2, 0.25) is 0 Å². The first-order valence-corrected chi connectivity index (χ1v) is 8.28. The molecule has 2 heterocycles. The van der Waals surface area contributed by atoms with Gasteiger partial charge in [0.1, 0.15) is 11.4 Å². The fourth-order valence-corrected chi connectivity index (χ4v) is 3.86. The molecule has 0 saturated carbocycles. The van der Waals surface area contributed by atoms with Gasteiger partial charge in [-0.2, -0.15) is 5.10 Å². The van der Waals surface area contributed by atoms with Gasteiger partial charge < -0.3 is 4.90 Å². The third-order valence-corrected chi connectivity index (χ3v) is 5.10. The van der Waals surface area contributed by atoms with Crippen molar-refractivity contribution < 1.29 is 9.72 Å². The maximum Gasteiger partial charge on any atom is 0.269 e. The van der Waals surface area contributed by atoms with Gasteiger partial charge in [-0.3, -0.25) is 19.6 Å². The third kappa shape index (κ3) is 3.07. The van der Waals surface area contributed by atoms with E-state index >= 15 is 0 Å². The topological polar surface area (TPSA) is 81.3 Å². The van der Waals surface area contributed by atoms with E-state index < -0.39 is 4.92 Å². The molecular weight excluding hydrogens is 316 g/mol. The number of hydrogen-bond donors (Lipinski definition) is 0. The third-order valence-electron chi connectivity index (χ3n) is 3.84. The molecule has 1 aromatic heterocycles. The maximum atomic E-state index is 12.7. The van der Waals surface area contributed by atoms with E-state index in [9.17, 15) is 14.9 Å². The number of thioether (sulfide) groups is 1. The van der Waals surface area contributed by atoms with Crippen molar-refractivity contribution in [2.45, 2.75) is 18.3 Å². The Morgan fingerprint density at radius 3 is 2.78 bits per heavy atom. The van der Waals surface area contributed by atoms with E-state index in [1.165, 1.54) is 12.1 Å². The Labute approximate surface area is 137 Å². The van der Waals surface area contributed by atoms with Crippen LogP contribution in [0.15, 0.2) is 42.7 Å². The highest BCUT2D eigenvalue weighted by Crippen LogP contribution is 2.39. The average molecular weight is 332 g/mol. The normalized spacial score (nSPS) is 18.8. The lowest BCUT2D eigenvalue weighted by atomic mass is 10.1. The van der Waals surface area contributed by atoms with Gasteiger partial charge in [0.15, 0.2) is 0 Å². The summed E-state index contributed by atoms with van der Waals surface area (Å²) in [6, 6.07) is 7.82. The predicted molar refractivity (Wildman–Crippen MR) is 86.9 cm³/mol. The van der Waals surface area contributed by atoms with Crippen LogP contribution in [0.25, 0.3) is 0 Å². The summed E-state index contributed by atoms with van der Waals surface area (Å²) in [5.41, 5.74) is 0.957. The van der Waals surface area contributed by atoms with Crippen LogP contribution in [-0.4, -0.2) is 37.8 Å². The summed E-state index contributed by atoms with van der Waals surface area (Å²) in [5, 5.41) is 14.8. The monoisotopic (exact) mass is 332 g/mol. The Bertz CT molecular complexity index is 702. The van der Waals surface area contributed by atoms with E-state index in [2.05, 4.69) is 5.10 Å².